The van der Waals surface area contributed by atoms with Crippen molar-refractivity contribution < 1.29 is 9.53 Å². The number of rotatable bonds is 6. The van der Waals surface area contributed by atoms with Crippen molar-refractivity contribution in [3.05, 3.63) is 52.6 Å². The monoisotopic (exact) mass is 415 g/mol. The van der Waals surface area contributed by atoms with Crippen LogP contribution in [0.1, 0.15) is 23.6 Å². The Kier molecular flexibility index (Phi) is 6.59. The lowest BCUT2D eigenvalue weighted by molar-refractivity contribution is -0.125. The second-order valence-electron chi connectivity index (χ2n) is 7.49. The van der Waals surface area contributed by atoms with Crippen LogP contribution in [0.2, 0.25) is 0 Å². The van der Waals surface area contributed by atoms with Crippen molar-refractivity contribution in [1.82, 2.24) is 25.0 Å². The van der Waals surface area contributed by atoms with Crippen LogP contribution in [0.3, 0.4) is 0 Å². The van der Waals surface area contributed by atoms with E-state index in [1.807, 2.05) is 36.4 Å². The van der Waals surface area contributed by atoms with Crippen LogP contribution in [-0.2, 0) is 29.0 Å². The predicted molar refractivity (Wildman–Crippen MR) is 111 cm³/mol. The fourth-order valence-corrected chi connectivity index (χ4v) is 4.05. The summed E-state index contributed by atoms with van der Waals surface area (Å²) in [6, 6.07) is 10.1. The standard InChI is InChI=1S/C21H26ClN5O2/c22-18(12-16-4-2-1-3-5-16)14-26-8-6-19-24-25-20(27(19)10-9-26)13-23-21(28)17-7-11-29-15-17/h1-5,12,17H,6-11,13-15H2,(H,23,28). The molecule has 3 heterocycles. The number of ether oxygens (including phenoxy) is 1. The number of amides is 1. The number of nitrogens with zero attached hydrogens (tertiary/aromatic N) is 4. The topological polar surface area (TPSA) is 72.3 Å². The van der Waals surface area contributed by atoms with Gasteiger partial charge >= 0.3 is 0 Å². The van der Waals surface area contributed by atoms with Gasteiger partial charge in [-0.1, -0.05) is 41.9 Å². The molecule has 1 aromatic carbocycles. The smallest absolute Gasteiger partial charge is 0.225 e. The summed E-state index contributed by atoms with van der Waals surface area (Å²) in [5.41, 5.74) is 1.11. The van der Waals surface area contributed by atoms with Gasteiger partial charge in [0.25, 0.3) is 0 Å². The molecule has 2 aromatic rings. The van der Waals surface area contributed by atoms with Gasteiger partial charge in [0.15, 0.2) is 5.82 Å². The molecule has 1 atom stereocenters. The summed E-state index contributed by atoms with van der Waals surface area (Å²) in [5, 5.41) is 12.4. The number of carbonyl (C=O) groups excluding carboxylic acids is 1. The molecule has 29 heavy (non-hydrogen) atoms. The Labute approximate surface area is 175 Å². The van der Waals surface area contributed by atoms with E-state index in [0.717, 1.165) is 54.7 Å². The average Bonchev–Trinajstić information content (AvgIpc) is 3.35. The average molecular weight is 416 g/mol. The highest BCUT2D eigenvalue weighted by Crippen LogP contribution is 2.16. The molecule has 0 aliphatic carbocycles. The molecule has 4 rings (SSSR count). The second kappa shape index (κ2) is 9.52. The van der Waals surface area contributed by atoms with Gasteiger partial charge < -0.3 is 14.6 Å². The molecule has 1 unspecified atom stereocenters. The number of carbonyl (C=O) groups is 1. The molecule has 1 fully saturated rings. The van der Waals surface area contributed by atoms with E-state index in [2.05, 4.69) is 25.0 Å². The van der Waals surface area contributed by atoms with Crippen LogP contribution >= 0.6 is 11.6 Å². The van der Waals surface area contributed by atoms with E-state index in [4.69, 9.17) is 16.3 Å². The number of halogens is 1. The zero-order valence-corrected chi connectivity index (χ0v) is 17.1. The van der Waals surface area contributed by atoms with E-state index in [9.17, 15) is 4.79 Å². The molecule has 2 aliphatic heterocycles. The van der Waals surface area contributed by atoms with E-state index < -0.39 is 0 Å². The molecule has 1 N–H and O–H groups in total. The van der Waals surface area contributed by atoms with Crippen LogP contribution in [0.15, 0.2) is 35.4 Å². The van der Waals surface area contributed by atoms with E-state index in [1.165, 1.54) is 0 Å². The van der Waals surface area contributed by atoms with Crippen LogP contribution in [0, 0.1) is 5.92 Å². The number of benzene rings is 1. The molecule has 2 aliphatic rings. The Morgan fingerprint density at radius 2 is 2.10 bits per heavy atom. The molecule has 0 spiro atoms. The molecule has 1 amide bonds. The summed E-state index contributed by atoms with van der Waals surface area (Å²) >= 11 is 6.49. The minimum absolute atomic E-state index is 0.0351. The largest absolute Gasteiger partial charge is 0.381 e. The molecule has 0 bridgehead atoms. The fraction of sp³-hybridized carbons (Fsp3) is 0.476. The fourth-order valence-electron chi connectivity index (χ4n) is 3.76. The third-order valence-electron chi connectivity index (χ3n) is 5.41. The number of aromatic nitrogens is 3. The number of fused-ring (bicyclic) bond motifs is 1. The van der Waals surface area contributed by atoms with Gasteiger partial charge in [0.2, 0.25) is 5.91 Å². The third kappa shape index (κ3) is 5.23. The Hall–Kier alpha value is -2.22. The van der Waals surface area contributed by atoms with Crippen molar-refractivity contribution in [3.63, 3.8) is 0 Å². The highest BCUT2D eigenvalue weighted by molar-refractivity contribution is 6.31. The molecular formula is C21H26ClN5O2. The van der Waals surface area contributed by atoms with Crippen molar-refractivity contribution >= 4 is 23.6 Å². The van der Waals surface area contributed by atoms with E-state index in [0.29, 0.717) is 26.3 Å². The second-order valence-corrected chi connectivity index (χ2v) is 7.98. The molecule has 0 radical (unpaired) electrons. The lowest BCUT2D eigenvalue weighted by atomic mass is 10.1. The number of hydrogen-bond acceptors (Lipinski definition) is 5. The Balaban J connectivity index is 1.32. The normalized spacial score (nSPS) is 20.3. The van der Waals surface area contributed by atoms with Crippen molar-refractivity contribution in [2.75, 3.05) is 32.8 Å². The van der Waals surface area contributed by atoms with Gasteiger partial charge in [0.05, 0.1) is 19.1 Å². The van der Waals surface area contributed by atoms with Crippen LogP contribution in [0.4, 0.5) is 0 Å². The van der Waals surface area contributed by atoms with Crippen molar-refractivity contribution in [2.45, 2.75) is 25.9 Å². The van der Waals surface area contributed by atoms with Gasteiger partial charge in [-0.3, -0.25) is 9.69 Å². The van der Waals surface area contributed by atoms with Crippen molar-refractivity contribution in [3.8, 4) is 0 Å². The van der Waals surface area contributed by atoms with Crippen molar-refractivity contribution in [2.24, 2.45) is 5.92 Å². The maximum absolute atomic E-state index is 12.2. The number of nitrogens with one attached hydrogen (secondary N) is 1. The molecule has 154 valence electrons. The highest BCUT2D eigenvalue weighted by atomic mass is 35.5. The Bertz CT molecular complexity index is 861. The lowest BCUT2D eigenvalue weighted by Gasteiger charge is -2.19. The lowest BCUT2D eigenvalue weighted by Crippen LogP contribution is -2.32. The van der Waals surface area contributed by atoms with Crippen LogP contribution in [-0.4, -0.2) is 58.4 Å². The Morgan fingerprint density at radius 3 is 2.90 bits per heavy atom. The molecule has 1 aromatic heterocycles. The van der Waals surface area contributed by atoms with Crippen LogP contribution in [0.25, 0.3) is 6.08 Å². The predicted octanol–water partition coefficient (Wildman–Crippen LogP) is 2.07. The Morgan fingerprint density at radius 1 is 1.24 bits per heavy atom. The van der Waals surface area contributed by atoms with Crippen LogP contribution < -0.4 is 5.32 Å². The summed E-state index contributed by atoms with van der Waals surface area (Å²) in [6.07, 6.45) is 3.61. The maximum Gasteiger partial charge on any atom is 0.225 e. The zero-order chi connectivity index (χ0) is 20.1. The van der Waals surface area contributed by atoms with Crippen LogP contribution in [0.5, 0.6) is 0 Å². The summed E-state index contributed by atoms with van der Waals surface area (Å²) < 4.78 is 7.41. The van der Waals surface area contributed by atoms with E-state index in [1.54, 1.807) is 0 Å². The van der Waals surface area contributed by atoms with E-state index in [-0.39, 0.29) is 11.8 Å². The summed E-state index contributed by atoms with van der Waals surface area (Å²) in [5.74, 6) is 1.76. The quantitative estimate of drug-likeness (QED) is 0.782. The minimum atomic E-state index is -0.0458. The first-order valence-corrected chi connectivity index (χ1v) is 10.5. The van der Waals surface area contributed by atoms with Gasteiger partial charge in [-0.05, 0) is 18.1 Å². The van der Waals surface area contributed by atoms with Gasteiger partial charge in [0, 0.05) is 44.2 Å². The van der Waals surface area contributed by atoms with Gasteiger partial charge in [-0.2, -0.15) is 0 Å². The highest BCUT2D eigenvalue weighted by Gasteiger charge is 2.24. The van der Waals surface area contributed by atoms with Gasteiger partial charge in [-0.15, -0.1) is 10.2 Å². The zero-order valence-electron chi connectivity index (χ0n) is 16.4. The molecular weight excluding hydrogens is 390 g/mol. The summed E-state index contributed by atoms with van der Waals surface area (Å²) in [7, 11) is 0. The minimum Gasteiger partial charge on any atom is -0.381 e. The molecule has 1 saturated heterocycles. The first-order chi connectivity index (χ1) is 14.2. The molecule has 7 nitrogen and oxygen atoms in total. The number of hydrogen-bond donors (Lipinski definition) is 1. The summed E-state index contributed by atoms with van der Waals surface area (Å²) in [6.45, 7) is 4.81. The van der Waals surface area contributed by atoms with E-state index >= 15 is 0 Å². The first kappa shape index (κ1) is 20.1. The van der Waals surface area contributed by atoms with Gasteiger partial charge in [-0.25, -0.2) is 0 Å². The van der Waals surface area contributed by atoms with Crippen molar-refractivity contribution in [1.29, 1.82) is 0 Å². The first-order valence-electron chi connectivity index (χ1n) is 10.1. The summed E-state index contributed by atoms with van der Waals surface area (Å²) in [4.78, 5) is 14.6. The SMILES string of the molecule is O=C(NCc1nnc2n1CCN(CC(Cl)=Cc1ccccc1)CC2)C1CCOC1. The molecule has 8 heteroatoms. The maximum atomic E-state index is 12.2. The third-order valence-corrected chi connectivity index (χ3v) is 5.64. The molecule has 0 saturated carbocycles. The van der Waals surface area contributed by atoms with Gasteiger partial charge in [0.1, 0.15) is 5.82 Å².